The maximum atomic E-state index is 11.9. The monoisotopic (exact) mass is 385 g/mol. The van der Waals surface area contributed by atoms with Crippen molar-refractivity contribution < 1.29 is 13.2 Å². The van der Waals surface area contributed by atoms with Crippen LogP contribution in [0.15, 0.2) is 42.7 Å². The van der Waals surface area contributed by atoms with Crippen LogP contribution in [0.2, 0.25) is 0 Å². The Kier molecular flexibility index (Phi) is 4.31. The zero-order chi connectivity index (χ0) is 19.0. The molecule has 1 aliphatic carbocycles. The van der Waals surface area contributed by atoms with Crippen LogP contribution in [0.4, 0.5) is 5.69 Å². The highest BCUT2D eigenvalue weighted by molar-refractivity contribution is 7.93. The number of hydrogen-bond acceptors (Lipinski definition) is 6. The Hall–Kier alpha value is -2.94. The number of imidazole rings is 1. The van der Waals surface area contributed by atoms with Crippen molar-refractivity contribution in [2.24, 2.45) is 0 Å². The maximum absolute atomic E-state index is 11.9. The second-order valence-electron chi connectivity index (χ2n) is 6.49. The highest BCUT2D eigenvalue weighted by atomic mass is 32.2. The van der Waals surface area contributed by atoms with Crippen molar-refractivity contribution in [3.05, 3.63) is 54.1 Å². The van der Waals surface area contributed by atoms with Crippen LogP contribution >= 0.6 is 0 Å². The minimum absolute atomic E-state index is 0.259. The van der Waals surface area contributed by atoms with Gasteiger partial charge in [-0.2, -0.15) is 0 Å². The molecule has 0 atom stereocenters. The van der Waals surface area contributed by atoms with Crippen molar-refractivity contribution in [3.8, 4) is 17.4 Å². The van der Waals surface area contributed by atoms with Gasteiger partial charge in [-0.05, 0) is 57.0 Å². The van der Waals surface area contributed by atoms with E-state index >= 15 is 0 Å². The van der Waals surface area contributed by atoms with Gasteiger partial charge in [0, 0.05) is 17.4 Å². The SMILES string of the molecule is Cc1ncn(-c2ccc(Oc3ccc(NS(=O)(=O)C4CC4)cc3)nn2)c1C. The first kappa shape index (κ1) is 17.5. The van der Waals surface area contributed by atoms with E-state index in [9.17, 15) is 8.42 Å². The van der Waals surface area contributed by atoms with Crippen LogP contribution in [0, 0.1) is 13.8 Å². The smallest absolute Gasteiger partial charge is 0.238 e. The molecular weight excluding hydrogens is 366 g/mol. The zero-order valence-electron chi connectivity index (χ0n) is 15.0. The van der Waals surface area contributed by atoms with Crippen LogP contribution in [-0.2, 0) is 10.0 Å². The van der Waals surface area contributed by atoms with E-state index in [-0.39, 0.29) is 5.25 Å². The quantitative estimate of drug-likeness (QED) is 0.700. The lowest BCUT2D eigenvalue weighted by molar-refractivity contribution is 0.454. The molecule has 0 bridgehead atoms. The van der Waals surface area contributed by atoms with E-state index in [0.717, 1.165) is 24.2 Å². The number of aromatic nitrogens is 4. The summed E-state index contributed by atoms with van der Waals surface area (Å²) in [5, 5.41) is 7.99. The maximum Gasteiger partial charge on any atom is 0.238 e. The van der Waals surface area contributed by atoms with Gasteiger partial charge in [0.1, 0.15) is 12.1 Å². The third-order valence-electron chi connectivity index (χ3n) is 4.42. The minimum Gasteiger partial charge on any atom is -0.438 e. The standard InChI is InChI=1S/C18H19N5O3S/c1-12-13(2)23(11-19-12)17-9-10-18(21-20-17)26-15-5-3-14(4-6-15)22-27(24,25)16-7-8-16/h3-6,9-11,16,22H,7-8H2,1-2H3. The van der Waals surface area contributed by atoms with Crippen molar-refractivity contribution in [1.29, 1.82) is 0 Å². The van der Waals surface area contributed by atoms with E-state index in [1.165, 1.54) is 0 Å². The molecule has 27 heavy (non-hydrogen) atoms. The molecular formula is C18H19N5O3S. The molecule has 0 unspecified atom stereocenters. The van der Waals surface area contributed by atoms with Crippen molar-refractivity contribution in [2.75, 3.05) is 4.72 Å². The topological polar surface area (TPSA) is 99.0 Å². The normalized spacial score (nSPS) is 14.1. The summed E-state index contributed by atoms with van der Waals surface area (Å²) >= 11 is 0. The van der Waals surface area contributed by atoms with Gasteiger partial charge in [0.25, 0.3) is 0 Å². The van der Waals surface area contributed by atoms with E-state index in [1.807, 2.05) is 18.4 Å². The van der Waals surface area contributed by atoms with Crippen molar-refractivity contribution in [2.45, 2.75) is 31.9 Å². The van der Waals surface area contributed by atoms with Gasteiger partial charge in [-0.3, -0.25) is 9.29 Å². The van der Waals surface area contributed by atoms with Gasteiger partial charge >= 0.3 is 0 Å². The number of anilines is 1. The molecule has 8 nitrogen and oxygen atoms in total. The molecule has 0 saturated heterocycles. The molecule has 1 N–H and O–H groups in total. The summed E-state index contributed by atoms with van der Waals surface area (Å²) in [4.78, 5) is 4.25. The van der Waals surface area contributed by atoms with Gasteiger partial charge in [0.2, 0.25) is 15.9 Å². The summed E-state index contributed by atoms with van der Waals surface area (Å²) in [6.45, 7) is 3.90. The van der Waals surface area contributed by atoms with Crippen molar-refractivity contribution in [1.82, 2.24) is 19.7 Å². The molecule has 0 spiro atoms. The number of benzene rings is 1. The molecule has 0 aliphatic heterocycles. The van der Waals surface area contributed by atoms with E-state index in [4.69, 9.17) is 4.74 Å². The molecule has 1 aromatic carbocycles. The Bertz CT molecular complexity index is 1060. The van der Waals surface area contributed by atoms with E-state index in [2.05, 4.69) is 19.9 Å². The fourth-order valence-electron chi connectivity index (χ4n) is 2.56. The number of aryl methyl sites for hydroxylation is 1. The first-order valence-corrected chi connectivity index (χ1v) is 10.1. The Balaban J connectivity index is 1.44. The lowest BCUT2D eigenvalue weighted by Crippen LogP contribution is -2.17. The fourth-order valence-corrected chi connectivity index (χ4v) is 3.95. The lowest BCUT2D eigenvalue weighted by Gasteiger charge is -2.09. The minimum atomic E-state index is -3.27. The summed E-state index contributed by atoms with van der Waals surface area (Å²) in [5.74, 6) is 1.55. The molecule has 2 aromatic heterocycles. The average Bonchev–Trinajstić information content (AvgIpc) is 3.46. The summed E-state index contributed by atoms with van der Waals surface area (Å²) < 4.78 is 34.0. The van der Waals surface area contributed by atoms with E-state index in [1.54, 1.807) is 42.7 Å². The van der Waals surface area contributed by atoms with Gasteiger partial charge in [0.15, 0.2) is 5.82 Å². The van der Waals surface area contributed by atoms with Crippen LogP contribution in [0.3, 0.4) is 0 Å². The molecule has 9 heteroatoms. The lowest BCUT2D eigenvalue weighted by atomic mass is 10.3. The van der Waals surface area contributed by atoms with Gasteiger partial charge in [0.05, 0.1) is 10.9 Å². The summed E-state index contributed by atoms with van der Waals surface area (Å²) in [6, 6.07) is 10.2. The molecule has 140 valence electrons. The highest BCUT2D eigenvalue weighted by Gasteiger charge is 2.35. The van der Waals surface area contributed by atoms with Crippen LogP contribution in [-0.4, -0.2) is 33.4 Å². The molecule has 0 radical (unpaired) electrons. The third-order valence-corrected chi connectivity index (χ3v) is 6.29. The number of rotatable bonds is 6. The van der Waals surface area contributed by atoms with Crippen molar-refractivity contribution in [3.63, 3.8) is 0 Å². The molecule has 1 aliphatic rings. The van der Waals surface area contributed by atoms with E-state index < -0.39 is 10.0 Å². The van der Waals surface area contributed by atoms with Crippen LogP contribution in [0.25, 0.3) is 5.82 Å². The Morgan fingerprint density at radius 3 is 2.37 bits per heavy atom. The molecule has 1 saturated carbocycles. The second-order valence-corrected chi connectivity index (χ2v) is 8.45. The van der Waals surface area contributed by atoms with Gasteiger partial charge in [-0.15, -0.1) is 10.2 Å². The average molecular weight is 385 g/mol. The molecule has 1 fully saturated rings. The Labute approximate surface area is 157 Å². The first-order chi connectivity index (χ1) is 12.9. The van der Waals surface area contributed by atoms with Crippen LogP contribution in [0.1, 0.15) is 24.2 Å². The van der Waals surface area contributed by atoms with Gasteiger partial charge < -0.3 is 4.74 Å². The Morgan fingerprint density at radius 2 is 1.81 bits per heavy atom. The number of ether oxygens (including phenoxy) is 1. The molecule has 0 amide bonds. The molecule has 4 rings (SSSR count). The Morgan fingerprint density at radius 1 is 1.07 bits per heavy atom. The van der Waals surface area contributed by atoms with Crippen LogP contribution in [0.5, 0.6) is 11.6 Å². The van der Waals surface area contributed by atoms with Gasteiger partial charge in [-0.1, -0.05) is 0 Å². The molecule has 2 heterocycles. The fraction of sp³-hybridized carbons (Fsp3) is 0.278. The summed E-state index contributed by atoms with van der Waals surface area (Å²) in [5.41, 5.74) is 2.46. The predicted octanol–water partition coefficient (Wildman–Crippen LogP) is 2.98. The van der Waals surface area contributed by atoms with Gasteiger partial charge in [-0.25, -0.2) is 13.4 Å². The summed E-state index contributed by atoms with van der Waals surface area (Å²) in [6.07, 6.45) is 3.16. The number of sulfonamides is 1. The van der Waals surface area contributed by atoms with Crippen LogP contribution < -0.4 is 9.46 Å². The highest BCUT2D eigenvalue weighted by Crippen LogP contribution is 2.30. The zero-order valence-corrected chi connectivity index (χ0v) is 15.8. The second kappa shape index (κ2) is 6.66. The van der Waals surface area contributed by atoms with Crippen molar-refractivity contribution >= 4 is 15.7 Å². The largest absolute Gasteiger partial charge is 0.438 e. The number of nitrogens with one attached hydrogen (secondary N) is 1. The predicted molar refractivity (Wildman–Crippen MR) is 101 cm³/mol. The summed E-state index contributed by atoms with van der Waals surface area (Å²) in [7, 11) is -3.27. The number of nitrogens with zero attached hydrogens (tertiary/aromatic N) is 4. The number of hydrogen-bond donors (Lipinski definition) is 1. The molecule has 3 aromatic rings. The van der Waals surface area contributed by atoms with E-state index in [0.29, 0.717) is 23.1 Å². The first-order valence-electron chi connectivity index (χ1n) is 8.56. The third kappa shape index (κ3) is 3.77.